The van der Waals surface area contributed by atoms with E-state index in [1.165, 1.54) is 4.88 Å². The Bertz CT molecular complexity index is 1180. The van der Waals surface area contributed by atoms with Crippen molar-refractivity contribution in [2.45, 2.75) is 32.7 Å². The molecule has 3 amide bonds. The van der Waals surface area contributed by atoms with Gasteiger partial charge in [0.25, 0.3) is 0 Å². The lowest BCUT2D eigenvalue weighted by Crippen LogP contribution is -2.48. The van der Waals surface area contributed by atoms with Crippen LogP contribution in [0.25, 0.3) is 0 Å². The number of para-hydroxylation sites is 2. The second-order valence-electron chi connectivity index (χ2n) is 8.83. The highest BCUT2D eigenvalue weighted by Crippen LogP contribution is 2.35. The first-order valence-corrected chi connectivity index (χ1v) is 13.1. The molecule has 36 heavy (non-hydrogen) atoms. The van der Waals surface area contributed by atoms with Crippen LogP contribution in [0.1, 0.15) is 35.4 Å². The highest BCUT2D eigenvalue weighted by molar-refractivity contribution is 7.10. The van der Waals surface area contributed by atoms with Crippen LogP contribution >= 0.6 is 11.3 Å². The van der Waals surface area contributed by atoms with Crippen LogP contribution in [0.15, 0.2) is 60.0 Å². The molecule has 1 atom stereocenters. The largest absolute Gasteiger partial charge is 0.493 e. The number of hydrogen-bond donors (Lipinski definition) is 1. The second-order valence-corrected chi connectivity index (χ2v) is 9.83. The lowest BCUT2D eigenvalue weighted by Gasteiger charge is -2.37. The quantitative estimate of drug-likeness (QED) is 0.414. The van der Waals surface area contributed by atoms with Gasteiger partial charge in [-0.25, -0.2) is 4.79 Å². The predicted octanol–water partition coefficient (Wildman–Crippen LogP) is 5.51. The zero-order valence-corrected chi connectivity index (χ0v) is 21.8. The molecule has 1 aromatic heterocycles. The van der Waals surface area contributed by atoms with Gasteiger partial charge in [0.05, 0.1) is 13.2 Å². The highest BCUT2D eigenvalue weighted by Gasteiger charge is 2.33. The van der Waals surface area contributed by atoms with Gasteiger partial charge in [-0.2, -0.15) is 0 Å². The summed E-state index contributed by atoms with van der Waals surface area (Å²) in [5.41, 5.74) is 2.94. The third-order valence-electron chi connectivity index (χ3n) is 6.29. The molecule has 2 aromatic carbocycles. The fraction of sp³-hybridized carbons (Fsp3) is 0.357. The van der Waals surface area contributed by atoms with Crippen molar-refractivity contribution in [1.82, 2.24) is 9.80 Å². The molecule has 190 valence electrons. The van der Waals surface area contributed by atoms with E-state index in [4.69, 9.17) is 9.47 Å². The molecule has 0 radical (unpaired) electrons. The van der Waals surface area contributed by atoms with Crippen LogP contribution in [0.3, 0.4) is 0 Å². The van der Waals surface area contributed by atoms with Crippen molar-refractivity contribution in [3.63, 3.8) is 0 Å². The minimum absolute atomic E-state index is 0.0101. The molecule has 1 unspecified atom stereocenters. The summed E-state index contributed by atoms with van der Waals surface area (Å²) in [7, 11) is 1.61. The van der Waals surface area contributed by atoms with Crippen LogP contribution in [-0.2, 0) is 11.2 Å². The Balaban J connectivity index is 1.48. The Morgan fingerprint density at radius 2 is 1.86 bits per heavy atom. The van der Waals surface area contributed by atoms with Gasteiger partial charge in [-0.15, -0.1) is 11.3 Å². The molecule has 7 nitrogen and oxygen atoms in total. The van der Waals surface area contributed by atoms with E-state index < -0.39 is 0 Å². The number of nitrogens with one attached hydrogen (secondary N) is 1. The zero-order chi connectivity index (χ0) is 25.5. The number of rotatable bonds is 9. The van der Waals surface area contributed by atoms with Crippen LogP contribution in [0, 0.1) is 6.92 Å². The minimum atomic E-state index is -0.274. The molecule has 0 saturated carbocycles. The number of carbonyl (C=O) groups excluding carboxylic acids is 2. The number of carbonyl (C=O) groups is 2. The number of thiophene rings is 1. The summed E-state index contributed by atoms with van der Waals surface area (Å²) < 4.78 is 11.6. The van der Waals surface area contributed by atoms with Crippen molar-refractivity contribution in [1.29, 1.82) is 0 Å². The number of ether oxygens (including phenoxy) is 2. The van der Waals surface area contributed by atoms with E-state index in [1.807, 2.05) is 67.3 Å². The molecular formula is C28H33N3O4S. The molecule has 1 aliphatic heterocycles. The molecule has 0 fully saturated rings. The van der Waals surface area contributed by atoms with E-state index in [0.717, 1.165) is 24.0 Å². The summed E-state index contributed by atoms with van der Waals surface area (Å²) in [5.74, 6) is 1.20. The summed E-state index contributed by atoms with van der Waals surface area (Å²) in [6.07, 6.45) is 1.55. The van der Waals surface area contributed by atoms with Gasteiger partial charge in [-0.1, -0.05) is 36.8 Å². The number of benzene rings is 2. The summed E-state index contributed by atoms with van der Waals surface area (Å²) in [6.45, 7) is 5.39. The molecule has 1 N–H and O–H groups in total. The third-order valence-corrected chi connectivity index (χ3v) is 7.29. The number of amides is 3. The number of methoxy groups -OCH3 is 1. The van der Waals surface area contributed by atoms with Gasteiger partial charge >= 0.3 is 6.03 Å². The maximum Gasteiger partial charge on any atom is 0.322 e. The Kier molecular flexibility index (Phi) is 8.48. The number of hydrogen-bond acceptors (Lipinski definition) is 5. The third kappa shape index (κ3) is 5.99. The SMILES string of the molecule is CCCN(CC(=O)N1CCc2sccc2C1COc1ccccc1OC)C(=O)Nc1ccc(C)cc1. The van der Waals surface area contributed by atoms with Gasteiger partial charge in [0.2, 0.25) is 5.91 Å². The second kappa shape index (κ2) is 11.9. The van der Waals surface area contributed by atoms with Crippen LogP contribution in [0.2, 0.25) is 0 Å². The summed E-state index contributed by atoms with van der Waals surface area (Å²) in [5, 5.41) is 4.99. The summed E-state index contributed by atoms with van der Waals surface area (Å²) in [6, 6.07) is 16.7. The Hall–Kier alpha value is -3.52. The average molecular weight is 508 g/mol. The van der Waals surface area contributed by atoms with Crippen LogP contribution in [0.5, 0.6) is 11.5 Å². The van der Waals surface area contributed by atoms with Crippen molar-refractivity contribution < 1.29 is 19.1 Å². The van der Waals surface area contributed by atoms with Gasteiger partial charge in [-0.05, 0) is 61.0 Å². The first kappa shape index (κ1) is 25.6. The van der Waals surface area contributed by atoms with E-state index in [2.05, 4.69) is 16.8 Å². The number of anilines is 1. The Morgan fingerprint density at radius 3 is 2.58 bits per heavy atom. The normalized spacial score (nSPS) is 14.6. The monoisotopic (exact) mass is 507 g/mol. The molecule has 4 rings (SSSR count). The lowest BCUT2D eigenvalue weighted by atomic mass is 10.0. The molecule has 8 heteroatoms. The number of nitrogens with zero attached hydrogens (tertiary/aromatic N) is 2. The maximum absolute atomic E-state index is 13.6. The van der Waals surface area contributed by atoms with Gasteiger partial charge in [-0.3, -0.25) is 4.79 Å². The molecule has 0 spiro atoms. The molecule has 0 saturated heterocycles. The predicted molar refractivity (Wildman–Crippen MR) is 143 cm³/mol. The van der Waals surface area contributed by atoms with Gasteiger partial charge < -0.3 is 24.6 Å². The first-order chi connectivity index (χ1) is 17.5. The topological polar surface area (TPSA) is 71.1 Å². The van der Waals surface area contributed by atoms with Crippen molar-refractivity contribution in [3.05, 3.63) is 76.0 Å². The van der Waals surface area contributed by atoms with Crippen molar-refractivity contribution in [2.24, 2.45) is 0 Å². The molecule has 3 aromatic rings. The number of urea groups is 1. The highest BCUT2D eigenvalue weighted by atomic mass is 32.1. The summed E-state index contributed by atoms with van der Waals surface area (Å²) >= 11 is 1.71. The molecule has 2 heterocycles. The van der Waals surface area contributed by atoms with E-state index >= 15 is 0 Å². The van der Waals surface area contributed by atoms with Crippen molar-refractivity contribution in [2.75, 3.05) is 38.7 Å². The molecule has 1 aliphatic rings. The fourth-order valence-corrected chi connectivity index (χ4v) is 5.33. The zero-order valence-electron chi connectivity index (χ0n) is 21.0. The van der Waals surface area contributed by atoms with Gasteiger partial charge in [0.15, 0.2) is 11.5 Å². The van der Waals surface area contributed by atoms with Gasteiger partial charge in [0.1, 0.15) is 13.2 Å². The summed E-state index contributed by atoms with van der Waals surface area (Å²) in [4.78, 5) is 31.3. The van der Waals surface area contributed by atoms with E-state index in [0.29, 0.717) is 36.9 Å². The van der Waals surface area contributed by atoms with Gasteiger partial charge in [0, 0.05) is 23.7 Å². The van der Waals surface area contributed by atoms with Crippen molar-refractivity contribution >= 4 is 29.0 Å². The standard InChI is InChI=1S/C28H33N3O4S/c1-4-15-30(28(33)29-21-11-9-20(2)10-12-21)18-27(32)31-16-13-26-22(14-17-36-26)23(31)19-35-25-8-6-5-7-24(25)34-3/h5-12,14,17,23H,4,13,15-16,18-19H2,1-3H3,(H,29,33). The Labute approximate surface area is 216 Å². The van der Waals surface area contributed by atoms with Crippen molar-refractivity contribution in [3.8, 4) is 11.5 Å². The number of aryl methyl sites for hydroxylation is 1. The molecule has 0 aliphatic carbocycles. The minimum Gasteiger partial charge on any atom is -0.493 e. The lowest BCUT2D eigenvalue weighted by molar-refractivity contribution is -0.135. The first-order valence-electron chi connectivity index (χ1n) is 12.2. The van der Waals surface area contributed by atoms with E-state index in [-0.39, 0.29) is 24.5 Å². The van der Waals surface area contributed by atoms with Crippen LogP contribution in [0.4, 0.5) is 10.5 Å². The Morgan fingerprint density at radius 1 is 1.11 bits per heavy atom. The molecular weight excluding hydrogens is 474 g/mol. The molecule has 0 bridgehead atoms. The van der Waals surface area contributed by atoms with Crippen LogP contribution < -0.4 is 14.8 Å². The van der Waals surface area contributed by atoms with Crippen LogP contribution in [-0.4, -0.2) is 55.1 Å². The van der Waals surface area contributed by atoms with E-state index in [9.17, 15) is 9.59 Å². The van der Waals surface area contributed by atoms with E-state index in [1.54, 1.807) is 23.3 Å². The maximum atomic E-state index is 13.6. The smallest absolute Gasteiger partial charge is 0.322 e. The number of fused-ring (bicyclic) bond motifs is 1. The fourth-order valence-electron chi connectivity index (χ4n) is 4.40. The average Bonchev–Trinajstić information content (AvgIpc) is 3.37.